The van der Waals surface area contributed by atoms with Gasteiger partial charge in [-0.3, -0.25) is 9.59 Å². The zero-order valence-electron chi connectivity index (χ0n) is 15.9. The van der Waals surface area contributed by atoms with Crippen LogP contribution in [0.1, 0.15) is 48.2 Å². The molecule has 0 saturated heterocycles. The van der Waals surface area contributed by atoms with Crippen LogP contribution < -0.4 is 14.8 Å². The van der Waals surface area contributed by atoms with Gasteiger partial charge in [-0.15, -0.1) is 0 Å². The van der Waals surface area contributed by atoms with Gasteiger partial charge in [0.05, 0.1) is 7.11 Å². The maximum absolute atomic E-state index is 12.4. The van der Waals surface area contributed by atoms with Crippen LogP contribution in [-0.2, 0) is 4.79 Å². The average Bonchev–Trinajstić information content (AvgIpc) is 2.61. The number of carbonyl (C=O) groups excluding carboxylic acids is 2. The number of hydrogen-bond acceptors (Lipinski definition) is 4. The largest absolute Gasteiger partial charge is 0.493 e. The maximum atomic E-state index is 12.4. The molecule has 2 rings (SSSR count). The second-order valence-electron chi connectivity index (χ2n) is 6.45. The van der Waals surface area contributed by atoms with E-state index < -0.39 is 0 Å². The van der Waals surface area contributed by atoms with Crippen LogP contribution in [0.5, 0.6) is 11.5 Å². The zero-order valence-corrected chi connectivity index (χ0v) is 15.9. The van der Waals surface area contributed by atoms with E-state index in [4.69, 9.17) is 9.47 Å². The predicted molar refractivity (Wildman–Crippen MR) is 102 cm³/mol. The number of ether oxygens (including phenoxy) is 2. The molecule has 0 heterocycles. The summed E-state index contributed by atoms with van der Waals surface area (Å²) in [5, 5.41) is 2.94. The summed E-state index contributed by atoms with van der Waals surface area (Å²) in [6.45, 7) is 7.47. The van der Waals surface area contributed by atoms with Crippen LogP contribution in [-0.4, -0.2) is 25.4 Å². The van der Waals surface area contributed by atoms with Gasteiger partial charge in [0.2, 0.25) is 0 Å². The van der Waals surface area contributed by atoms with Crippen LogP contribution in [0.3, 0.4) is 0 Å². The lowest BCUT2D eigenvalue weighted by molar-refractivity contribution is -0.118. The molecular formula is C21H25NO4. The first-order valence-corrected chi connectivity index (χ1v) is 8.54. The number of hydrogen-bond donors (Lipinski definition) is 1. The summed E-state index contributed by atoms with van der Waals surface area (Å²) in [7, 11) is 1.49. The number of rotatable bonds is 7. The van der Waals surface area contributed by atoms with Crippen molar-refractivity contribution < 1.29 is 19.1 Å². The van der Waals surface area contributed by atoms with E-state index in [2.05, 4.69) is 19.2 Å². The van der Waals surface area contributed by atoms with Crippen LogP contribution in [0.25, 0.3) is 0 Å². The van der Waals surface area contributed by atoms with Crippen molar-refractivity contribution in [2.45, 2.75) is 33.6 Å². The molecule has 1 amide bonds. The first-order valence-electron chi connectivity index (χ1n) is 8.54. The summed E-state index contributed by atoms with van der Waals surface area (Å²) < 4.78 is 10.8. The highest BCUT2D eigenvalue weighted by molar-refractivity contribution is 5.95. The SMILES string of the molecule is COc1cc(C(C)=O)ccc1OCC(=O)Nc1c(C)cccc1C(C)C. The lowest BCUT2D eigenvalue weighted by atomic mass is 9.98. The molecule has 5 nitrogen and oxygen atoms in total. The van der Waals surface area contributed by atoms with E-state index in [-0.39, 0.29) is 18.3 Å². The smallest absolute Gasteiger partial charge is 0.262 e. The second-order valence-corrected chi connectivity index (χ2v) is 6.45. The number of Topliss-reactive ketones (excluding diaryl/α,β-unsaturated/α-hetero) is 1. The summed E-state index contributed by atoms with van der Waals surface area (Å²) in [6.07, 6.45) is 0. The first kappa shape index (κ1) is 19.5. The minimum absolute atomic E-state index is 0.0617. The molecule has 0 radical (unpaired) electrons. The molecule has 0 saturated carbocycles. The van der Waals surface area contributed by atoms with Gasteiger partial charge in [0.25, 0.3) is 5.91 Å². The van der Waals surface area contributed by atoms with Gasteiger partial charge in [0.1, 0.15) is 0 Å². The van der Waals surface area contributed by atoms with Crippen molar-refractivity contribution in [3.05, 3.63) is 53.1 Å². The molecule has 138 valence electrons. The van der Waals surface area contributed by atoms with Gasteiger partial charge in [-0.2, -0.15) is 0 Å². The summed E-state index contributed by atoms with van der Waals surface area (Å²) >= 11 is 0. The van der Waals surface area contributed by atoms with Crippen LogP contribution >= 0.6 is 0 Å². The van der Waals surface area contributed by atoms with Crippen molar-refractivity contribution in [2.24, 2.45) is 0 Å². The summed E-state index contributed by atoms with van der Waals surface area (Å²) in [4.78, 5) is 23.8. The Labute approximate surface area is 154 Å². The Bertz CT molecular complexity index is 812. The molecule has 0 aromatic heterocycles. The molecule has 0 unspecified atom stereocenters. The highest BCUT2D eigenvalue weighted by Gasteiger charge is 2.14. The third-order valence-electron chi connectivity index (χ3n) is 4.12. The number of carbonyl (C=O) groups is 2. The minimum atomic E-state index is -0.251. The highest BCUT2D eigenvalue weighted by atomic mass is 16.5. The Balaban J connectivity index is 2.10. The molecule has 0 aliphatic rings. The Morgan fingerprint density at radius 1 is 1.12 bits per heavy atom. The third kappa shape index (κ3) is 4.63. The minimum Gasteiger partial charge on any atom is -0.493 e. The lowest BCUT2D eigenvalue weighted by Gasteiger charge is -2.17. The molecule has 2 aromatic rings. The highest BCUT2D eigenvalue weighted by Crippen LogP contribution is 2.29. The van der Waals surface area contributed by atoms with Gasteiger partial charge >= 0.3 is 0 Å². The van der Waals surface area contributed by atoms with Crippen molar-refractivity contribution in [3.63, 3.8) is 0 Å². The molecular weight excluding hydrogens is 330 g/mol. The Kier molecular flexibility index (Phi) is 6.39. The quantitative estimate of drug-likeness (QED) is 0.750. The van der Waals surface area contributed by atoms with E-state index in [9.17, 15) is 9.59 Å². The van der Waals surface area contributed by atoms with Crippen molar-refractivity contribution in [1.82, 2.24) is 0 Å². The number of anilines is 1. The Morgan fingerprint density at radius 3 is 2.46 bits per heavy atom. The van der Waals surface area contributed by atoms with Gasteiger partial charge in [0.15, 0.2) is 23.9 Å². The monoisotopic (exact) mass is 355 g/mol. The fourth-order valence-electron chi connectivity index (χ4n) is 2.67. The van der Waals surface area contributed by atoms with Gasteiger partial charge in [-0.25, -0.2) is 0 Å². The number of para-hydroxylation sites is 1. The topological polar surface area (TPSA) is 64.6 Å². The van der Waals surface area contributed by atoms with Gasteiger partial charge < -0.3 is 14.8 Å². The van der Waals surface area contributed by atoms with Crippen LogP contribution in [0, 0.1) is 6.92 Å². The van der Waals surface area contributed by atoms with Crippen LogP contribution in [0.2, 0.25) is 0 Å². The van der Waals surface area contributed by atoms with E-state index >= 15 is 0 Å². The molecule has 0 bridgehead atoms. The predicted octanol–water partition coefficient (Wildman–Crippen LogP) is 4.35. The number of benzene rings is 2. The summed E-state index contributed by atoms with van der Waals surface area (Å²) in [6, 6.07) is 10.8. The fourth-order valence-corrected chi connectivity index (χ4v) is 2.67. The Hall–Kier alpha value is -2.82. The number of methoxy groups -OCH3 is 1. The van der Waals surface area contributed by atoms with Crippen LogP contribution in [0.15, 0.2) is 36.4 Å². The molecule has 0 fully saturated rings. The Morgan fingerprint density at radius 2 is 1.85 bits per heavy atom. The van der Waals surface area contributed by atoms with Crippen LogP contribution in [0.4, 0.5) is 5.69 Å². The van der Waals surface area contributed by atoms with Crippen molar-refractivity contribution >= 4 is 17.4 Å². The number of aryl methyl sites for hydroxylation is 1. The van der Waals surface area contributed by atoms with E-state index in [0.717, 1.165) is 16.8 Å². The van der Waals surface area contributed by atoms with E-state index in [1.807, 2.05) is 25.1 Å². The van der Waals surface area contributed by atoms with E-state index in [1.54, 1.807) is 18.2 Å². The van der Waals surface area contributed by atoms with Crippen molar-refractivity contribution in [2.75, 3.05) is 19.0 Å². The van der Waals surface area contributed by atoms with E-state index in [1.165, 1.54) is 14.0 Å². The maximum Gasteiger partial charge on any atom is 0.262 e. The molecule has 26 heavy (non-hydrogen) atoms. The molecule has 0 aliphatic heterocycles. The fraction of sp³-hybridized carbons (Fsp3) is 0.333. The average molecular weight is 355 g/mol. The molecule has 5 heteroatoms. The molecule has 0 spiro atoms. The standard InChI is InChI=1S/C21H25NO4/c1-13(2)17-8-6-7-14(3)21(17)22-20(24)12-26-18-10-9-16(15(4)23)11-19(18)25-5/h6-11,13H,12H2,1-5H3,(H,22,24). The van der Waals surface area contributed by atoms with E-state index in [0.29, 0.717) is 23.0 Å². The van der Waals surface area contributed by atoms with Crippen molar-refractivity contribution in [3.8, 4) is 11.5 Å². The number of ketones is 1. The second kappa shape index (κ2) is 8.52. The summed E-state index contributed by atoms with van der Waals surface area (Å²) in [5.41, 5.74) is 3.45. The van der Waals surface area contributed by atoms with Crippen molar-refractivity contribution in [1.29, 1.82) is 0 Å². The van der Waals surface area contributed by atoms with Gasteiger partial charge in [-0.1, -0.05) is 32.0 Å². The van der Waals surface area contributed by atoms with Gasteiger partial charge in [0, 0.05) is 11.3 Å². The summed E-state index contributed by atoms with van der Waals surface area (Å²) in [5.74, 6) is 0.823. The zero-order chi connectivity index (χ0) is 19.3. The molecule has 1 N–H and O–H groups in total. The third-order valence-corrected chi connectivity index (χ3v) is 4.12. The first-order chi connectivity index (χ1) is 12.3. The number of amides is 1. The number of nitrogens with one attached hydrogen (secondary N) is 1. The molecule has 2 aromatic carbocycles. The molecule has 0 atom stereocenters. The lowest BCUT2D eigenvalue weighted by Crippen LogP contribution is -2.22. The molecule has 0 aliphatic carbocycles. The van der Waals surface area contributed by atoms with Gasteiger partial charge in [-0.05, 0) is 49.1 Å². The normalized spacial score (nSPS) is 10.5.